The molecule has 0 saturated heterocycles. The Morgan fingerprint density at radius 1 is 1.36 bits per heavy atom. The molecule has 0 aromatic heterocycles. The van der Waals surface area contributed by atoms with Gasteiger partial charge in [0.2, 0.25) is 0 Å². The lowest BCUT2D eigenvalue weighted by Gasteiger charge is -2.15. The summed E-state index contributed by atoms with van der Waals surface area (Å²) in [5, 5.41) is 9.44. The second-order valence-corrected chi connectivity index (χ2v) is 4.70. The Morgan fingerprint density at radius 2 is 1.86 bits per heavy atom. The second-order valence-electron chi connectivity index (χ2n) is 3.79. The van der Waals surface area contributed by atoms with Crippen molar-refractivity contribution in [2.75, 3.05) is 0 Å². The zero-order chi connectivity index (χ0) is 10.8. The summed E-state index contributed by atoms with van der Waals surface area (Å²) in [6.45, 7) is 3.02. The molecule has 14 heavy (non-hydrogen) atoms. The summed E-state index contributed by atoms with van der Waals surface area (Å²) in [6, 6.07) is 7.50. The Morgan fingerprint density at radius 3 is 2.29 bits per heavy atom. The molecule has 1 N–H and O–H groups in total. The van der Waals surface area contributed by atoms with Crippen molar-refractivity contribution in [3.8, 4) is 0 Å². The molecule has 0 amide bonds. The predicted octanol–water partition coefficient (Wildman–Crippen LogP) is 2.33. The molecule has 0 aliphatic heterocycles. The number of benzene rings is 1. The maximum Gasteiger partial charge on any atom is 0.168 e. The fourth-order valence-corrected chi connectivity index (χ4v) is 1.27. The van der Waals surface area contributed by atoms with Gasteiger partial charge in [-0.3, -0.25) is 4.79 Å². The highest BCUT2D eigenvalue weighted by atomic mass is 79.9. The van der Waals surface area contributed by atoms with Gasteiger partial charge in [0.1, 0.15) is 5.60 Å². The molecule has 2 nitrogen and oxygen atoms in total. The van der Waals surface area contributed by atoms with Crippen LogP contribution in [0.1, 0.15) is 19.4 Å². The van der Waals surface area contributed by atoms with Gasteiger partial charge in [0.05, 0.1) is 0 Å². The summed E-state index contributed by atoms with van der Waals surface area (Å²) in [5.41, 5.74) is -0.326. The van der Waals surface area contributed by atoms with Gasteiger partial charge in [0.25, 0.3) is 0 Å². The van der Waals surface area contributed by atoms with E-state index in [0.717, 1.165) is 10.0 Å². The molecule has 1 aromatic carbocycles. The van der Waals surface area contributed by atoms with Crippen molar-refractivity contribution in [2.45, 2.75) is 25.9 Å². The Labute approximate surface area is 92.1 Å². The quantitative estimate of drug-likeness (QED) is 0.902. The summed E-state index contributed by atoms with van der Waals surface area (Å²) >= 11 is 3.32. The third kappa shape index (κ3) is 3.24. The third-order valence-corrected chi connectivity index (χ3v) is 2.49. The molecular weight excluding hydrogens is 244 g/mol. The van der Waals surface area contributed by atoms with E-state index in [9.17, 15) is 9.90 Å². The molecule has 3 heteroatoms. The van der Waals surface area contributed by atoms with Crippen molar-refractivity contribution in [3.05, 3.63) is 34.3 Å². The first-order valence-electron chi connectivity index (χ1n) is 4.40. The second kappa shape index (κ2) is 4.24. The number of Topliss-reactive ketones (excluding diaryl/α,β-unsaturated/α-hetero) is 1. The number of carbonyl (C=O) groups excluding carboxylic acids is 1. The molecule has 0 bridgehead atoms. The number of aliphatic hydroxyl groups is 1. The Balaban J connectivity index is 2.71. The first-order chi connectivity index (χ1) is 6.39. The van der Waals surface area contributed by atoms with Gasteiger partial charge in [-0.15, -0.1) is 0 Å². The maximum absolute atomic E-state index is 11.5. The third-order valence-electron chi connectivity index (χ3n) is 1.96. The predicted molar refractivity (Wildman–Crippen MR) is 59.2 cm³/mol. The highest BCUT2D eigenvalue weighted by Gasteiger charge is 2.23. The minimum Gasteiger partial charge on any atom is -0.383 e. The van der Waals surface area contributed by atoms with E-state index in [2.05, 4.69) is 15.9 Å². The molecule has 1 rings (SSSR count). The molecule has 76 valence electrons. The first-order valence-corrected chi connectivity index (χ1v) is 5.19. The number of halogens is 1. The van der Waals surface area contributed by atoms with E-state index in [1.807, 2.05) is 24.3 Å². The van der Waals surface area contributed by atoms with E-state index >= 15 is 0 Å². The fraction of sp³-hybridized carbons (Fsp3) is 0.364. The van der Waals surface area contributed by atoms with Crippen molar-refractivity contribution in [1.82, 2.24) is 0 Å². The van der Waals surface area contributed by atoms with Crippen LogP contribution in [-0.2, 0) is 11.2 Å². The SMILES string of the molecule is CC(C)(O)C(=O)Cc1ccc(Br)cc1. The van der Waals surface area contributed by atoms with Crippen LogP contribution in [0.3, 0.4) is 0 Å². The number of hydrogen-bond donors (Lipinski definition) is 1. The lowest BCUT2D eigenvalue weighted by molar-refractivity contribution is -0.133. The molecule has 0 aliphatic rings. The van der Waals surface area contributed by atoms with Gasteiger partial charge in [-0.25, -0.2) is 0 Å². The van der Waals surface area contributed by atoms with Gasteiger partial charge < -0.3 is 5.11 Å². The van der Waals surface area contributed by atoms with E-state index in [0.29, 0.717) is 0 Å². The molecule has 0 aliphatic carbocycles. The largest absolute Gasteiger partial charge is 0.383 e. The van der Waals surface area contributed by atoms with E-state index < -0.39 is 5.60 Å². The van der Waals surface area contributed by atoms with Crippen molar-refractivity contribution in [3.63, 3.8) is 0 Å². The molecule has 0 atom stereocenters. The summed E-state index contributed by atoms with van der Waals surface area (Å²) in [7, 11) is 0. The highest BCUT2D eigenvalue weighted by Crippen LogP contribution is 2.13. The number of rotatable bonds is 3. The molecular formula is C11H13BrO2. The normalized spacial score (nSPS) is 11.4. The molecule has 0 saturated carbocycles. The minimum atomic E-state index is -1.24. The van der Waals surface area contributed by atoms with Crippen LogP contribution in [0.5, 0.6) is 0 Å². The van der Waals surface area contributed by atoms with E-state index in [4.69, 9.17) is 0 Å². The van der Waals surface area contributed by atoms with Crippen molar-refractivity contribution in [2.24, 2.45) is 0 Å². The van der Waals surface area contributed by atoms with Crippen LogP contribution in [0.2, 0.25) is 0 Å². The smallest absolute Gasteiger partial charge is 0.168 e. The summed E-state index contributed by atoms with van der Waals surface area (Å²) < 4.78 is 0.983. The number of hydrogen-bond acceptors (Lipinski definition) is 2. The standard InChI is InChI=1S/C11H13BrO2/c1-11(2,14)10(13)7-8-3-5-9(12)6-4-8/h3-6,14H,7H2,1-2H3. The van der Waals surface area contributed by atoms with Gasteiger partial charge in [0, 0.05) is 10.9 Å². The lowest BCUT2D eigenvalue weighted by atomic mass is 9.97. The molecule has 0 unspecified atom stereocenters. The minimum absolute atomic E-state index is 0.167. The monoisotopic (exact) mass is 256 g/mol. The van der Waals surface area contributed by atoms with Crippen LogP contribution >= 0.6 is 15.9 Å². The van der Waals surface area contributed by atoms with Gasteiger partial charge in [-0.05, 0) is 31.5 Å². The van der Waals surface area contributed by atoms with Crippen LogP contribution < -0.4 is 0 Å². The van der Waals surface area contributed by atoms with E-state index in [1.54, 1.807) is 0 Å². The molecule has 0 heterocycles. The molecule has 1 aromatic rings. The highest BCUT2D eigenvalue weighted by molar-refractivity contribution is 9.10. The van der Waals surface area contributed by atoms with Gasteiger partial charge in [0.15, 0.2) is 5.78 Å². The zero-order valence-electron chi connectivity index (χ0n) is 8.25. The Kier molecular flexibility index (Phi) is 3.45. The summed E-state index contributed by atoms with van der Waals surface area (Å²) in [5.74, 6) is -0.167. The van der Waals surface area contributed by atoms with Gasteiger partial charge in [-0.1, -0.05) is 28.1 Å². The molecule has 0 radical (unpaired) electrons. The number of carbonyl (C=O) groups is 1. The van der Waals surface area contributed by atoms with Crippen LogP contribution in [0.4, 0.5) is 0 Å². The molecule has 0 fully saturated rings. The van der Waals surface area contributed by atoms with Crippen LogP contribution in [0.25, 0.3) is 0 Å². The van der Waals surface area contributed by atoms with Gasteiger partial charge >= 0.3 is 0 Å². The van der Waals surface area contributed by atoms with E-state index in [1.165, 1.54) is 13.8 Å². The number of ketones is 1. The first kappa shape index (κ1) is 11.4. The topological polar surface area (TPSA) is 37.3 Å². The van der Waals surface area contributed by atoms with Gasteiger partial charge in [-0.2, -0.15) is 0 Å². The summed E-state index contributed by atoms with van der Waals surface area (Å²) in [4.78, 5) is 11.5. The van der Waals surface area contributed by atoms with Crippen molar-refractivity contribution >= 4 is 21.7 Å². The lowest BCUT2D eigenvalue weighted by Crippen LogP contribution is -2.32. The van der Waals surface area contributed by atoms with Crippen molar-refractivity contribution < 1.29 is 9.90 Å². The molecule has 0 spiro atoms. The summed E-state index contributed by atoms with van der Waals surface area (Å²) in [6.07, 6.45) is 0.275. The Bertz CT molecular complexity index is 322. The average molecular weight is 257 g/mol. The average Bonchev–Trinajstić information content (AvgIpc) is 2.07. The van der Waals surface area contributed by atoms with E-state index in [-0.39, 0.29) is 12.2 Å². The fourth-order valence-electron chi connectivity index (χ4n) is 1.00. The Hall–Kier alpha value is -0.670. The van der Waals surface area contributed by atoms with Crippen molar-refractivity contribution in [1.29, 1.82) is 0 Å². The maximum atomic E-state index is 11.5. The van der Waals surface area contributed by atoms with Crippen LogP contribution in [0.15, 0.2) is 28.7 Å². The zero-order valence-corrected chi connectivity index (χ0v) is 9.84. The van der Waals surface area contributed by atoms with Crippen LogP contribution in [-0.4, -0.2) is 16.5 Å². The van der Waals surface area contributed by atoms with Crippen LogP contribution in [0, 0.1) is 0 Å².